The summed E-state index contributed by atoms with van der Waals surface area (Å²) < 4.78 is 5.77. The Labute approximate surface area is 126 Å². The topological polar surface area (TPSA) is 36.3 Å². The minimum absolute atomic E-state index is 0.466. The van der Waals surface area contributed by atoms with Gasteiger partial charge in [-0.15, -0.1) is 0 Å². The molecule has 0 N–H and O–H groups in total. The van der Waals surface area contributed by atoms with Crippen LogP contribution in [-0.4, -0.2) is 32.1 Å². The maximum absolute atomic E-state index is 9.81. The van der Waals surface area contributed by atoms with Crippen LogP contribution in [0.3, 0.4) is 0 Å². The van der Waals surface area contributed by atoms with Crippen LogP contribution in [0.2, 0.25) is 5.02 Å². The molecule has 1 aliphatic rings. The van der Waals surface area contributed by atoms with Crippen molar-refractivity contribution in [1.82, 2.24) is 4.90 Å². The SMILES string of the molecule is CN(C)CCCC1(C#N)CCCOc2c(Cl)cccc21. The molecule has 108 valence electrons. The van der Waals surface area contributed by atoms with E-state index in [4.69, 9.17) is 16.3 Å². The normalized spacial score (nSPS) is 21.8. The van der Waals surface area contributed by atoms with Crippen molar-refractivity contribution in [1.29, 1.82) is 5.26 Å². The fourth-order valence-corrected chi connectivity index (χ4v) is 3.07. The second-order valence-corrected chi connectivity index (χ2v) is 6.08. The van der Waals surface area contributed by atoms with E-state index in [9.17, 15) is 5.26 Å². The van der Waals surface area contributed by atoms with E-state index in [0.717, 1.165) is 37.8 Å². The lowest BCUT2D eigenvalue weighted by atomic mass is 9.74. The van der Waals surface area contributed by atoms with Gasteiger partial charge in [0.25, 0.3) is 0 Å². The van der Waals surface area contributed by atoms with E-state index in [1.165, 1.54) is 0 Å². The minimum Gasteiger partial charge on any atom is -0.492 e. The van der Waals surface area contributed by atoms with E-state index in [1.54, 1.807) is 0 Å². The summed E-state index contributed by atoms with van der Waals surface area (Å²) in [5, 5.41) is 10.4. The van der Waals surface area contributed by atoms with Gasteiger partial charge in [-0.05, 0) is 52.4 Å². The molecule has 3 nitrogen and oxygen atoms in total. The predicted molar refractivity (Wildman–Crippen MR) is 81.3 cm³/mol. The van der Waals surface area contributed by atoms with Gasteiger partial charge in [-0.2, -0.15) is 5.26 Å². The molecule has 1 unspecified atom stereocenters. The molecule has 1 aromatic rings. The third-order valence-electron chi connectivity index (χ3n) is 3.90. The fraction of sp³-hybridized carbons (Fsp3) is 0.562. The van der Waals surface area contributed by atoms with Gasteiger partial charge in [0.2, 0.25) is 0 Å². The van der Waals surface area contributed by atoms with Crippen LogP contribution >= 0.6 is 11.6 Å². The van der Waals surface area contributed by atoms with E-state index in [2.05, 4.69) is 25.1 Å². The Morgan fingerprint density at radius 3 is 2.95 bits per heavy atom. The number of ether oxygens (including phenoxy) is 1. The standard InChI is InChI=1S/C16H21ClN2O/c1-19(2)10-4-8-16(12-18)9-5-11-20-15-13(16)6-3-7-14(15)17/h3,6-7H,4-5,8-11H2,1-2H3. The monoisotopic (exact) mass is 292 g/mol. The summed E-state index contributed by atoms with van der Waals surface area (Å²) in [5.41, 5.74) is 0.496. The van der Waals surface area contributed by atoms with Crippen LogP contribution in [0.1, 0.15) is 31.2 Å². The van der Waals surface area contributed by atoms with Gasteiger partial charge in [-0.3, -0.25) is 0 Å². The number of para-hydroxylation sites is 1. The molecule has 0 bridgehead atoms. The van der Waals surface area contributed by atoms with Crippen molar-refractivity contribution >= 4 is 11.6 Å². The zero-order valence-corrected chi connectivity index (χ0v) is 12.9. The molecular formula is C16H21ClN2O. The van der Waals surface area contributed by atoms with E-state index >= 15 is 0 Å². The highest BCUT2D eigenvalue weighted by molar-refractivity contribution is 6.32. The number of fused-ring (bicyclic) bond motifs is 1. The van der Waals surface area contributed by atoms with Crippen LogP contribution in [0.25, 0.3) is 0 Å². The zero-order valence-electron chi connectivity index (χ0n) is 12.2. The van der Waals surface area contributed by atoms with Gasteiger partial charge >= 0.3 is 0 Å². The highest BCUT2D eigenvalue weighted by Gasteiger charge is 2.36. The van der Waals surface area contributed by atoms with E-state index in [0.29, 0.717) is 17.4 Å². The Morgan fingerprint density at radius 2 is 2.25 bits per heavy atom. The van der Waals surface area contributed by atoms with Gasteiger partial charge in [0.1, 0.15) is 5.75 Å². The van der Waals surface area contributed by atoms with Crippen LogP contribution in [0.5, 0.6) is 5.75 Å². The molecule has 2 rings (SSSR count). The average Bonchev–Trinajstić information content (AvgIpc) is 2.60. The molecule has 1 atom stereocenters. The smallest absolute Gasteiger partial charge is 0.142 e. The maximum Gasteiger partial charge on any atom is 0.142 e. The van der Waals surface area contributed by atoms with Crippen molar-refractivity contribution in [2.75, 3.05) is 27.2 Å². The lowest BCUT2D eigenvalue weighted by molar-refractivity contribution is 0.312. The molecule has 0 spiro atoms. The lowest BCUT2D eigenvalue weighted by Gasteiger charge is -2.27. The molecular weight excluding hydrogens is 272 g/mol. The second-order valence-electron chi connectivity index (χ2n) is 5.67. The van der Waals surface area contributed by atoms with Crippen molar-refractivity contribution in [2.24, 2.45) is 0 Å². The van der Waals surface area contributed by atoms with Crippen molar-refractivity contribution in [3.63, 3.8) is 0 Å². The highest BCUT2D eigenvalue weighted by atomic mass is 35.5. The third-order valence-corrected chi connectivity index (χ3v) is 4.20. The molecule has 0 fully saturated rings. The summed E-state index contributed by atoms with van der Waals surface area (Å²) in [6.07, 6.45) is 3.57. The van der Waals surface area contributed by atoms with Gasteiger partial charge in [0.15, 0.2) is 0 Å². The second kappa shape index (κ2) is 6.47. The van der Waals surface area contributed by atoms with Crippen LogP contribution in [0, 0.1) is 11.3 Å². The zero-order chi connectivity index (χ0) is 14.6. The predicted octanol–water partition coefficient (Wildman–Crippen LogP) is 3.62. The molecule has 4 heteroatoms. The number of nitrogens with zero attached hydrogens (tertiary/aromatic N) is 2. The van der Waals surface area contributed by atoms with Gasteiger partial charge in [0, 0.05) is 5.56 Å². The number of benzene rings is 1. The highest BCUT2D eigenvalue weighted by Crippen LogP contribution is 2.44. The molecule has 1 aromatic carbocycles. The van der Waals surface area contributed by atoms with Crippen LogP contribution in [-0.2, 0) is 5.41 Å². The Kier molecular flexibility index (Phi) is 4.91. The van der Waals surface area contributed by atoms with Gasteiger partial charge in [-0.1, -0.05) is 23.7 Å². The summed E-state index contributed by atoms with van der Waals surface area (Å²) in [4.78, 5) is 2.15. The number of hydrogen-bond acceptors (Lipinski definition) is 3. The van der Waals surface area contributed by atoms with Crippen LogP contribution in [0.4, 0.5) is 0 Å². The number of hydrogen-bond donors (Lipinski definition) is 0. The van der Waals surface area contributed by atoms with Crippen molar-refractivity contribution in [3.05, 3.63) is 28.8 Å². The van der Waals surface area contributed by atoms with Gasteiger partial charge in [0.05, 0.1) is 23.1 Å². The van der Waals surface area contributed by atoms with Crippen molar-refractivity contribution in [2.45, 2.75) is 31.1 Å². The summed E-state index contributed by atoms with van der Waals surface area (Å²) in [5.74, 6) is 0.707. The number of nitriles is 1. The molecule has 1 heterocycles. The summed E-state index contributed by atoms with van der Waals surface area (Å²) in [6, 6.07) is 8.29. The molecule has 0 amide bonds. The molecule has 20 heavy (non-hydrogen) atoms. The first-order chi connectivity index (χ1) is 9.59. The molecule has 0 saturated heterocycles. The van der Waals surface area contributed by atoms with Crippen LogP contribution < -0.4 is 4.74 Å². The Bertz CT molecular complexity index is 510. The van der Waals surface area contributed by atoms with E-state index in [-0.39, 0.29) is 0 Å². The molecule has 0 saturated carbocycles. The minimum atomic E-state index is -0.466. The fourth-order valence-electron chi connectivity index (χ4n) is 2.84. The first-order valence-corrected chi connectivity index (χ1v) is 7.45. The van der Waals surface area contributed by atoms with Crippen molar-refractivity contribution < 1.29 is 4.74 Å². The van der Waals surface area contributed by atoms with E-state index < -0.39 is 5.41 Å². The van der Waals surface area contributed by atoms with Gasteiger partial charge < -0.3 is 9.64 Å². The molecule has 1 aliphatic heterocycles. The largest absolute Gasteiger partial charge is 0.492 e. The first-order valence-electron chi connectivity index (χ1n) is 7.07. The van der Waals surface area contributed by atoms with Crippen LogP contribution in [0.15, 0.2) is 18.2 Å². The average molecular weight is 293 g/mol. The van der Waals surface area contributed by atoms with Crippen molar-refractivity contribution in [3.8, 4) is 11.8 Å². The number of rotatable bonds is 4. The lowest BCUT2D eigenvalue weighted by Crippen LogP contribution is -2.26. The summed E-state index contributed by atoms with van der Waals surface area (Å²) in [7, 11) is 4.11. The summed E-state index contributed by atoms with van der Waals surface area (Å²) in [6.45, 7) is 1.62. The summed E-state index contributed by atoms with van der Waals surface area (Å²) >= 11 is 6.24. The quantitative estimate of drug-likeness (QED) is 0.850. The molecule has 0 aromatic heterocycles. The Morgan fingerprint density at radius 1 is 1.45 bits per heavy atom. The maximum atomic E-state index is 9.81. The van der Waals surface area contributed by atoms with E-state index in [1.807, 2.05) is 18.2 Å². The third kappa shape index (κ3) is 3.08. The number of halogens is 1. The first kappa shape index (κ1) is 15.2. The molecule has 0 radical (unpaired) electrons. The Hall–Kier alpha value is -1.24. The molecule has 0 aliphatic carbocycles. The van der Waals surface area contributed by atoms with Gasteiger partial charge in [-0.25, -0.2) is 0 Å². The Balaban J connectivity index is 2.33.